The number of unbranched alkanes of at least 4 members (excludes halogenated alkanes) is 1. The van der Waals surface area contributed by atoms with Crippen LogP contribution in [0.15, 0.2) is 15.9 Å². The Balaban J connectivity index is 2.02. The summed E-state index contributed by atoms with van der Waals surface area (Å²) in [4.78, 5) is 1.40. The molecule has 80 valence electrons. The topological polar surface area (TPSA) is 12.0 Å². The molecule has 0 saturated carbocycles. The van der Waals surface area contributed by atoms with E-state index in [0.717, 1.165) is 13.1 Å². The molecule has 0 radical (unpaired) electrons. The lowest BCUT2D eigenvalue weighted by Gasteiger charge is -2.02. The van der Waals surface area contributed by atoms with Crippen molar-refractivity contribution in [3.8, 4) is 0 Å². The van der Waals surface area contributed by atoms with Crippen LogP contribution >= 0.6 is 39.0 Å². The van der Waals surface area contributed by atoms with E-state index < -0.39 is 0 Å². The Morgan fingerprint density at radius 2 is 2.36 bits per heavy atom. The second-order valence-corrected chi connectivity index (χ2v) is 5.91. The van der Waals surface area contributed by atoms with Crippen molar-refractivity contribution in [2.24, 2.45) is 0 Å². The largest absolute Gasteiger partial charge is 0.312 e. The molecule has 1 N–H and O–H groups in total. The summed E-state index contributed by atoms with van der Waals surface area (Å²) in [5.41, 5.74) is 0. The molecule has 0 aliphatic carbocycles. The third-order valence-electron chi connectivity index (χ3n) is 1.93. The van der Waals surface area contributed by atoms with Crippen LogP contribution in [0.25, 0.3) is 0 Å². The summed E-state index contributed by atoms with van der Waals surface area (Å²) >= 11 is 7.26. The number of halogens is 1. The van der Waals surface area contributed by atoms with Gasteiger partial charge < -0.3 is 5.32 Å². The van der Waals surface area contributed by atoms with E-state index in [9.17, 15) is 0 Å². The molecular weight excluding hydrogens is 278 g/mol. The molecule has 4 heteroatoms. The Morgan fingerprint density at radius 3 is 3.00 bits per heavy atom. The standard InChI is InChI=1S/C10H16BrNS2/c1-13-6-3-2-5-12-8-10-9(11)4-7-14-10/h4,7,12H,2-3,5-6,8H2,1H3. The van der Waals surface area contributed by atoms with Gasteiger partial charge >= 0.3 is 0 Å². The van der Waals surface area contributed by atoms with Crippen LogP contribution in [0, 0.1) is 0 Å². The SMILES string of the molecule is CSCCCCNCc1sccc1Br. The summed E-state index contributed by atoms with van der Waals surface area (Å²) in [7, 11) is 0. The molecule has 0 spiro atoms. The maximum atomic E-state index is 3.53. The van der Waals surface area contributed by atoms with Gasteiger partial charge in [-0.05, 0) is 58.8 Å². The van der Waals surface area contributed by atoms with Gasteiger partial charge in [-0.1, -0.05) is 0 Å². The maximum absolute atomic E-state index is 3.53. The summed E-state index contributed by atoms with van der Waals surface area (Å²) < 4.78 is 1.24. The van der Waals surface area contributed by atoms with E-state index in [0.29, 0.717) is 0 Å². The molecule has 0 aromatic carbocycles. The zero-order chi connectivity index (χ0) is 10.2. The maximum Gasteiger partial charge on any atom is 0.0327 e. The summed E-state index contributed by atoms with van der Waals surface area (Å²) in [5.74, 6) is 1.28. The Kier molecular flexibility index (Phi) is 6.94. The van der Waals surface area contributed by atoms with Gasteiger partial charge in [0.25, 0.3) is 0 Å². The van der Waals surface area contributed by atoms with Crippen molar-refractivity contribution in [1.82, 2.24) is 5.32 Å². The summed E-state index contributed by atoms with van der Waals surface area (Å²) in [5, 5.41) is 5.58. The van der Waals surface area contributed by atoms with E-state index >= 15 is 0 Å². The van der Waals surface area contributed by atoms with Crippen LogP contribution in [-0.2, 0) is 6.54 Å². The summed E-state index contributed by atoms with van der Waals surface area (Å²) in [6.07, 6.45) is 4.76. The number of thioether (sulfide) groups is 1. The van der Waals surface area contributed by atoms with Crippen molar-refractivity contribution in [1.29, 1.82) is 0 Å². The molecule has 0 aliphatic heterocycles. The van der Waals surface area contributed by atoms with Crippen LogP contribution in [-0.4, -0.2) is 18.6 Å². The van der Waals surface area contributed by atoms with Crippen LogP contribution in [0.4, 0.5) is 0 Å². The van der Waals surface area contributed by atoms with Gasteiger partial charge in [-0.3, -0.25) is 0 Å². The second-order valence-electron chi connectivity index (χ2n) is 3.07. The molecule has 1 aromatic heterocycles. The highest BCUT2D eigenvalue weighted by molar-refractivity contribution is 9.10. The number of hydrogen-bond acceptors (Lipinski definition) is 3. The van der Waals surface area contributed by atoms with Gasteiger partial charge in [0.2, 0.25) is 0 Å². The monoisotopic (exact) mass is 293 g/mol. The normalized spacial score (nSPS) is 10.7. The number of thiophene rings is 1. The fourth-order valence-corrected chi connectivity index (χ4v) is 3.10. The van der Waals surface area contributed by atoms with Crippen molar-refractivity contribution < 1.29 is 0 Å². The average Bonchev–Trinajstić information content (AvgIpc) is 2.58. The smallest absolute Gasteiger partial charge is 0.0327 e. The minimum atomic E-state index is 0.998. The van der Waals surface area contributed by atoms with E-state index in [1.165, 1.54) is 27.9 Å². The minimum Gasteiger partial charge on any atom is -0.312 e. The molecule has 0 aliphatic rings. The quantitative estimate of drug-likeness (QED) is 0.769. The highest BCUT2D eigenvalue weighted by atomic mass is 79.9. The van der Waals surface area contributed by atoms with Gasteiger partial charge in [0.15, 0.2) is 0 Å². The van der Waals surface area contributed by atoms with E-state index in [1.54, 1.807) is 11.3 Å². The van der Waals surface area contributed by atoms with Crippen LogP contribution in [0.1, 0.15) is 17.7 Å². The molecule has 0 fully saturated rings. The third kappa shape index (κ3) is 4.82. The fourth-order valence-electron chi connectivity index (χ4n) is 1.15. The molecule has 1 aromatic rings. The first kappa shape index (κ1) is 12.6. The molecule has 1 rings (SSSR count). The van der Waals surface area contributed by atoms with E-state index in [2.05, 4.69) is 38.9 Å². The lowest BCUT2D eigenvalue weighted by Crippen LogP contribution is -2.14. The van der Waals surface area contributed by atoms with Crippen LogP contribution < -0.4 is 5.32 Å². The van der Waals surface area contributed by atoms with Crippen molar-refractivity contribution in [3.05, 3.63) is 20.8 Å². The van der Waals surface area contributed by atoms with E-state index in [-0.39, 0.29) is 0 Å². The van der Waals surface area contributed by atoms with E-state index in [1.807, 2.05) is 11.8 Å². The van der Waals surface area contributed by atoms with Crippen molar-refractivity contribution >= 4 is 39.0 Å². The highest BCUT2D eigenvalue weighted by Crippen LogP contribution is 2.21. The number of hydrogen-bond donors (Lipinski definition) is 1. The van der Waals surface area contributed by atoms with Crippen LogP contribution in [0.3, 0.4) is 0 Å². The Bertz CT molecular complexity index is 250. The van der Waals surface area contributed by atoms with Crippen LogP contribution in [0.2, 0.25) is 0 Å². The highest BCUT2D eigenvalue weighted by Gasteiger charge is 1.99. The van der Waals surface area contributed by atoms with Gasteiger partial charge in [0, 0.05) is 15.9 Å². The van der Waals surface area contributed by atoms with E-state index in [4.69, 9.17) is 0 Å². The molecule has 0 atom stereocenters. The Hall–Kier alpha value is 0.490. The lowest BCUT2D eigenvalue weighted by atomic mass is 10.3. The number of rotatable bonds is 7. The van der Waals surface area contributed by atoms with Gasteiger partial charge in [0.05, 0.1) is 0 Å². The molecule has 14 heavy (non-hydrogen) atoms. The lowest BCUT2D eigenvalue weighted by molar-refractivity contribution is 0.647. The first-order valence-electron chi connectivity index (χ1n) is 4.76. The average molecular weight is 294 g/mol. The predicted molar refractivity (Wildman–Crippen MR) is 71.3 cm³/mol. The zero-order valence-electron chi connectivity index (χ0n) is 8.38. The minimum absolute atomic E-state index is 0.998. The molecule has 1 nitrogen and oxygen atoms in total. The molecule has 0 amide bonds. The molecule has 1 heterocycles. The predicted octanol–water partition coefficient (Wildman–Crippen LogP) is 3.74. The molecule has 0 unspecified atom stereocenters. The van der Waals surface area contributed by atoms with Crippen molar-refractivity contribution in [2.45, 2.75) is 19.4 Å². The summed E-state index contributed by atoms with van der Waals surface area (Å²) in [6.45, 7) is 2.13. The van der Waals surface area contributed by atoms with Crippen molar-refractivity contribution in [2.75, 3.05) is 18.6 Å². The second kappa shape index (κ2) is 7.74. The third-order valence-corrected chi connectivity index (χ3v) is 4.55. The number of nitrogens with one attached hydrogen (secondary N) is 1. The fraction of sp³-hybridized carbons (Fsp3) is 0.600. The molecular formula is C10H16BrNS2. The molecule has 0 bridgehead atoms. The van der Waals surface area contributed by atoms with Gasteiger partial charge in [-0.15, -0.1) is 11.3 Å². The van der Waals surface area contributed by atoms with Gasteiger partial charge in [-0.2, -0.15) is 11.8 Å². The van der Waals surface area contributed by atoms with Crippen LogP contribution in [0.5, 0.6) is 0 Å². The summed E-state index contributed by atoms with van der Waals surface area (Å²) in [6, 6.07) is 2.11. The zero-order valence-corrected chi connectivity index (χ0v) is 11.6. The van der Waals surface area contributed by atoms with Crippen molar-refractivity contribution in [3.63, 3.8) is 0 Å². The Labute approximate surface area is 103 Å². The first-order valence-corrected chi connectivity index (χ1v) is 7.82. The van der Waals surface area contributed by atoms with Gasteiger partial charge in [-0.25, -0.2) is 0 Å². The first-order chi connectivity index (χ1) is 6.84. The van der Waals surface area contributed by atoms with Gasteiger partial charge in [0.1, 0.15) is 0 Å². The Morgan fingerprint density at radius 1 is 1.50 bits per heavy atom. The molecule has 0 saturated heterocycles.